The normalized spacial score (nSPS) is 26.5. The van der Waals surface area contributed by atoms with Crippen LogP contribution in [0.3, 0.4) is 0 Å². The third kappa shape index (κ3) is 2.99. The van der Waals surface area contributed by atoms with E-state index in [1.165, 1.54) is 5.56 Å². The van der Waals surface area contributed by atoms with Crippen LogP contribution in [0.15, 0.2) is 28.7 Å². The Morgan fingerprint density at radius 1 is 1.40 bits per heavy atom. The molecule has 0 bridgehead atoms. The third-order valence-corrected chi connectivity index (χ3v) is 5.00. The number of amides is 2. The van der Waals surface area contributed by atoms with Crippen LogP contribution >= 0.6 is 15.9 Å². The summed E-state index contributed by atoms with van der Waals surface area (Å²) >= 11 is 3.54. The topological polar surface area (TPSA) is 61.4 Å². The Hall–Kier alpha value is -1.07. The van der Waals surface area contributed by atoms with E-state index >= 15 is 0 Å². The molecule has 2 atom stereocenters. The van der Waals surface area contributed by atoms with Crippen molar-refractivity contribution in [2.75, 3.05) is 6.54 Å². The molecule has 20 heavy (non-hydrogen) atoms. The molecule has 0 aliphatic heterocycles. The molecule has 2 amide bonds. The van der Waals surface area contributed by atoms with Gasteiger partial charge < -0.3 is 15.7 Å². The van der Waals surface area contributed by atoms with Crippen LogP contribution in [0.4, 0.5) is 4.79 Å². The smallest absolute Gasteiger partial charge is 0.315 e. The number of carbonyl (C=O) groups excluding carboxylic acids is 1. The van der Waals surface area contributed by atoms with Crippen molar-refractivity contribution in [3.05, 3.63) is 34.3 Å². The molecule has 0 aromatic heterocycles. The maximum absolute atomic E-state index is 11.8. The molecule has 2 aliphatic carbocycles. The third-order valence-electron chi connectivity index (χ3n) is 4.27. The van der Waals surface area contributed by atoms with Gasteiger partial charge in [0.25, 0.3) is 0 Å². The first kappa shape index (κ1) is 13.9. The van der Waals surface area contributed by atoms with Crippen molar-refractivity contribution in [2.45, 2.75) is 43.2 Å². The van der Waals surface area contributed by atoms with Crippen molar-refractivity contribution >= 4 is 22.0 Å². The quantitative estimate of drug-likeness (QED) is 0.789. The first-order valence-electron chi connectivity index (χ1n) is 7.09. The van der Waals surface area contributed by atoms with Crippen molar-refractivity contribution < 1.29 is 9.90 Å². The van der Waals surface area contributed by atoms with E-state index in [0.29, 0.717) is 12.5 Å². The number of benzene rings is 1. The van der Waals surface area contributed by atoms with E-state index in [9.17, 15) is 9.90 Å². The van der Waals surface area contributed by atoms with E-state index in [-0.39, 0.29) is 12.1 Å². The van der Waals surface area contributed by atoms with Crippen LogP contribution in [0.25, 0.3) is 0 Å². The summed E-state index contributed by atoms with van der Waals surface area (Å²) in [6.45, 7) is 0.352. The molecule has 2 fully saturated rings. The summed E-state index contributed by atoms with van der Waals surface area (Å²) in [5, 5.41) is 15.7. The van der Waals surface area contributed by atoms with Crippen LogP contribution < -0.4 is 10.6 Å². The molecule has 3 rings (SSSR count). The molecular formula is C15H19BrN2O2. The van der Waals surface area contributed by atoms with Gasteiger partial charge in [-0.15, -0.1) is 0 Å². The molecule has 0 saturated heterocycles. The van der Waals surface area contributed by atoms with Crippen LogP contribution in [0.2, 0.25) is 0 Å². The van der Waals surface area contributed by atoms with Crippen LogP contribution in [-0.2, 0) is 0 Å². The molecule has 0 spiro atoms. The van der Waals surface area contributed by atoms with E-state index < -0.39 is 5.60 Å². The number of aliphatic hydroxyl groups is 1. The highest BCUT2D eigenvalue weighted by molar-refractivity contribution is 9.10. The van der Waals surface area contributed by atoms with Gasteiger partial charge in [0.05, 0.1) is 5.60 Å². The number of urea groups is 1. The fourth-order valence-electron chi connectivity index (χ4n) is 2.70. The fraction of sp³-hybridized carbons (Fsp3) is 0.533. The minimum absolute atomic E-state index is 0.176. The maximum Gasteiger partial charge on any atom is 0.315 e. The number of carbonyl (C=O) groups is 1. The molecule has 1 aromatic rings. The Kier molecular flexibility index (Phi) is 3.73. The summed E-state index contributed by atoms with van der Waals surface area (Å²) in [6, 6.07) is 8.14. The zero-order valence-electron chi connectivity index (χ0n) is 11.2. The Bertz CT molecular complexity index is 516. The van der Waals surface area contributed by atoms with Gasteiger partial charge in [0.1, 0.15) is 0 Å². The lowest BCUT2D eigenvalue weighted by Crippen LogP contribution is -2.50. The number of halogens is 1. The summed E-state index contributed by atoms with van der Waals surface area (Å²) in [4.78, 5) is 11.8. The van der Waals surface area contributed by atoms with E-state index in [1.807, 2.05) is 18.2 Å². The zero-order chi connectivity index (χ0) is 14.2. The summed E-state index contributed by atoms with van der Waals surface area (Å²) in [7, 11) is 0. The van der Waals surface area contributed by atoms with Crippen molar-refractivity contribution in [1.29, 1.82) is 0 Å². The molecule has 3 N–H and O–H groups in total. The van der Waals surface area contributed by atoms with Crippen molar-refractivity contribution in [2.24, 2.45) is 0 Å². The highest BCUT2D eigenvalue weighted by Gasteiger charge is 2.41. The highest BCUT2D eigenvalue weighted by Crippen LogP contribution is 2.43. The number of hydrogen-bond donors (Lipinski definition) is 3. The molecular weight excluding hydrogens is 320 g/mol. The standard InChI is InChI=1S/C15H19BrN2O2/c16-12-5-2-1-4-10(12)11-8-13(11)18-14(19)17-9-15(20)6-3-7-15/h1-2,4-5,11,13,20H,3,6-9H2,(H2,17,18,19)/t11-,13+/m0/s1. The van der Waals surface area contributed by atoms with E-state index in [2.05, 4.69) is 32.6 Å². The van der Waals surface area contributed by atoms with Gasteiger partial charge in [0, 0.05) is 23.0 Å². The van der Waals surface area contributed by atoms with Crippen LogP contribution in [0.1, 0.15) is 37.2 Å². The lowest BCUT2D eigenvalue weighted by Gasteiger charge is -2.36. The second-order valence-corrected chi connectivity index (χ2v) is 6.73. The van der Waals surface area contributed by atoms with Gasteiger partial charge in [-0.3, -0.25) is 0 Å². The first-order chi connectivity index (χ1) is 9.57. The maximum atomic E-state index is 11.8. The van der Waals surface area contributed by atoms with Crippen LogP contribution in [0.5, 0.6) is 0 Å². The lowest BCUT2D eigenvalue weighted by atomic mass is 9.80. The minimum Gasteiger partial charge on any atom is -0.388 e. The molecule has 0 heterocycles. The van der Waals surface area contributed by atoms with E-state index in [4.69, 9.17) is 0 Å². The Morgan fingerprint density at radius 3 is 2.80 bits per heavy atom. The van der Waals surface area contributed by atoms with E-state index in [0.717, 1.165) is 30.2 Å². The van der Waals surface area contributed by atoms with Gasteiger partial charge >= 0.3 is 6.03 Å². The van der Waals surface area contributed by atoms with Gasteiger partial charge in [-0.1, -0.05) is 34.1 Å². The highest BCUT2D eigenvalue weighted by atomic mass is 79.9. The minimum atomic E-state index is -0.664. The average molecular weight is 339 g/mol. The molecule has 0 unspecified atom stereocenters. The molecule has 2 aliphatic rings. The summed E-state index contributed by atoms with van der Waals surface area (Å²) in [5.74, 6) is 0.392. The second-order valence-electron chi connectivity index (χ2n) is 5.88. The van der Waals surface area contributed by atoms with Gasteiger partial charge in [-0.25, -0.2) is 4.79 Å². The average Bonchev–Trinajstić information content (AvgIpc) is 3.13. The van der Waals surface area contributed by atoms with Crippen molar-refractivity contribution in [1.82, 2.24) is 10.6 Å². The number of rotatable bonds is 4. The Balaban J connectivity index is 1.46. The number of hydrogen-bond acceptors (Lipinski definition) is 2. The SMILES string of the molecule is O=C(NCC1(O)CCC1)N[C@@H]1C[C@H]1c1ccccc1Br. The Labute approximate surface area is 127 Å². The molecule has 5 heteroatoms. The number of nitrogens with one attached hydrogen (secondary N) is 2. The lowest BCUT2D eigenvalue weighted by molar-refractivity contribution is -0.0290. The van der Waals surface area contributed by atoms with Crippen LogP contribution in [0, 0.1) is 0 Å². The molecule has 4 nitrogen and oxygen atoms in total. The monoisotopic (exact) mass is 338 g/mol. The zero-order valence-corrected chi connectivity index (χ0v) is 12.8. The molecule has 2 saturated carbocycles. The molecule has 108 valence electrons. The summed E-state index contributed by atoms with van der Waals surface area (Å²) in [6.07, 6.45) is 3.60. The van der Waals surface area contributed by atoms with Gasteiger partial charge in [0.15, 0.2) is 0 Å². The molecule has 1 aromatic carbocycles. The predicted octanol–water partition coefficient (Wildman–Crippen LogP) is 2.52. The van der Waals surface area contributed by atoms with Crippen molar-refractivity contribution in [3.8, 4) is 0 Å². The molecule has 0 radical (unpaired) electrons. The van der Waals surface area contributed by atoms with Gasteiger partial charge in [-0.2, -0.15) is 0 Å². The van der Waals surface area contributed by atoms with Gasteiger partial charge in [-0.05, 0) is 37.3 Å². The first-order valence-corrected chi connectivity index (χ1v) is 7.88. The second kappa shape index (κ2) is 5.37. The Morgan fingerprint density at radius 2 is 2.15 bits per heavy atom. The largest absolute Gasteiger partial charge is 0.388 e. The van der Waals surface area contributed by atoms with Crippen molar-refractivity contribution in [3.63, 3.8) is 0 Å². The summed E-state index contributed by atoms with van der Waals surface area (Å²) < 4.78 is 1.10. The van der Waals surface area contributed by atoms with Crippen LogP contribution in [-0.4, -0.2) is 29.3 Å². The fourth-order valence-corrected chi connectivity index (χ4v) is 3.28. The summed E-state index contributed by atoms with van der Waals surface area (Å²) in [5.41, 5.74) is 0.582. The predicted molar refractivity (Wildman–Crippen MR) is 80.6 cm³/mol. The van der Waals surface area contributed by atoms with Gasteiger partial charge in [0.2, 0.25) is 0 Å². The van der Waals surface area contributed by atoms with E-state index in [1.54, 1.807) is 0 Å².